The van der Waals surface area contributed by atoms with Gasteiger partial charge in [-0.3, -0.25) is 0 Å². The molecule has 1 saturated carbocycles. The van der Waals surface area contributed by atoms with Gasteiger partial charge in [-0.15, -0.1) is 0 Å². The Labute approximate surface area is 135 Å². The summed E-state index contributed by atoms with van der Waals surface area (Å²) < 4.78 is 0. The summed E-state index contributed by atoms with van der Waals surface area (Å²) in [5.74, 6) is 3.63. The van der Waals surface area contributed by atoms with Crippen molar-refractivity contribution in [3.8, 4) is 0 Å². The third-order valence-corrected chi connectivity index (χ3v) is 5.87. The average molecular weight is 295 g/mol. The molecule has 1 rings (SSSR count). The molecule has 0 aliphatic heterocycles. The summed E-state index contributed by atoms with van der Waals surface area (Å²) in [5.41, 5.74) is 0.696. The number of rotatable bonds is 9. The van der Waals surface area contributed by atoms with Crippen molar-refractivity contribution in [3.63, 3.8) is 0 Å². The number of hydrogen-bond donors (Lipinski definition) is 0. The Morgan fingerprint density at radius 2 is 1.29 bits per heavy atom. The fraction of sp³-hybridized carbons (Fsp3) is 1.00. The molecule has 0 bridgehead atoms. The second kappa shape index (κ2) is 9.21. The van der Waals surface area contributed by atoms with Gasteiger partial charge in [-0.05, 0) is 61.2 Å². The van der Waals surface area contributed by atoms with Gasteiger partial charge in [0.2, 0.25) is 0 Å². The van der Waals surface area contributed by atoms with E-state index in [-0.39, 0.29) is 0 Å². The van der Waals surface area contributed by atoms with Crippen LogP contribution >= 0.6 is 0 Å². The summed E-state index contributed by atoms with van der Waals surface area (Å²) in [7, 11) is 0. The molecule has 1 atom stereocenters. The van der Waals surface area contributed by atoms with Crippen molar-refractivity contribution < 1.29 is 0 Å². The lowest BCUT2D eigenvalue weighted by atomic mass is 9.59. The average Bonchev–Trinajstić information content (AvgIpc) is 2.41. The Balaban J connectivity index is 2.75. The van der Waals surface area contributed by atoms with E-state index in [9.17, 15) is 0 Å². The summed E-state index contributed by atoms with van der Waals surface area (Å²) in [4.78, 5) is 0. The first-order chi connectivity index (χ1) is 9.85. The van der Waals surface area contributed by atoms with Gasteiger partial charge in [0.25, 0.3) is 0 Å². The van der Waals surface area contributed by atoms with Gasteiger partial charge >= 0.3 is 0 Å². The molecule has 0 aromatic heterocycles. The van der Waals surface area contributed by atoms with E-state index < -0.39 is 0 Å². The van der Waals surface area contributed by atoms with Crippen LogP contribution < -0.4 is 0 Å². The van der Waals surface area contributed by atoms with E-state index >= 15 is 0 Å². The predicted octanol–water partition coefficient (Wildman–Crippen LogP) is 7.47. The predicted molar refractivity (Wildman–Crippen MR) is 96.6 cm³/mol. The zero-order valence-corrected chi connectivity index (χ0v) is 15.9. The maximum Gasteiger partial charge on any atom is -0.0269 e. The molecule has 1 aliphatic carbocycles. The third kappa shape index (κ3) is 6.74. The van der Waals surface area contributed by atoms with Crippen LogP contribution in [0.5, 0.6) is 0 Å². The first-order valence-corrected chi connectivity index (χ1v) is 9.85. The van der Waals surface area contributed by atoms with Crippen LogP contribution in [0, 0.1) is 29.1 Å². The standard InChI is InChI=1S/C21H42/c1-17(2)10-11-20-9-7-8-14-21(20,15-12-18(3)4)16-13-19(5)6/h17-20H,7-16H2,1-6H3. The summed E-state index contributed by atoms with van der Waals surface area (Å²) in [5, 5.41) is 0. The Bertz CT molecular complexity index is 249. The maximum atomic E-state index is 2.40. The molecule has 0 heterocycles. The van der Waals surface area contributed by atoms with E-state index in [0.717, 1.165) is 23.7 Å². The van der Waals surface area contributed by atoms with E-state index in [2.05, 4.69) is 41.5 Å². The van der Waals surface area contributed by atoms with Crippen LogP contribution in [0.1, 0.15) is 106 Å². The van der Waals surface area contributed by atoms with E-state index in [0.29, 0.717) is 5.41 Å². The smallest absolute Gasteiger partial charge is 0.0269 e. The Morgan fingerprint density at radius 3 is 1.76 bits per heavy atom. The second-order valence-electron chi connectivity index (χ2n) is 9.14. The van der Waals surface area contributed by atoms with Gasteiger partial charge in [-0.25, -0.2) is 0 Å². The minimum Gasteiger partial charge on any atom is -0.0628 e. The molecule has 0 aromatic carbocycles. The van der Waals surface area contributed by atoms with E-state index in [4.69, 9.17) is 0 Å². The van der Waals surface area contributed by atoms with Gasteiger partial charge in [0.15, 0.2) is 0 Å². The minimum atomic E-state index is 0.696. The second-order valence-corrected chi connectivity index (χ2v) is 9.14. The van der Waals surface area contributed by atoms with Crippen molar-refractivity contribution in [2.24, 2.45) is 29.1 Å². The molecule has 1 aliphatic rings. The van der Waals surface area contributed by atoms with Crippen LogP contribution in [0.15, 0.2) is 0 Å². The molecule has 1 fully saturated rings. The highest BCUT2D eigenvalue weighted by Gasteiger charge is 2.39. The molecule has 0 saturated heterocycles. The molecular weight excluding hydrogens is 252 g/mol. The first kappa shape index (κ1) is 19.0. The third-order valence-electron chi connectivity index (χ3n) is 5.87. The quantitative estimate of drug-likeness (QED) is 0.413. The highest BCUT2D eigenvalue weighted by Crippen LogP contribution is 2.51. The molecule has 0 heteroatoms. The van der Waals surface area contributed by atoms with Crippen molar-refractivity contribution >= 4 is 0 Å². The van der Waals surface area contributed by atoms with Gasteiger partial charge in [-0.1, -0.05) is 73.6 Å². The number of hydrogen-bond acceptors (Lipinski definition) is 0. The van der Waals surface area contributed by atoms with Crippen LogP contribution in [0.3, 0.4) is 0 Å². The summed E-state index contributed by atoms with van der Waals surface area (Å²) in [6.45, 7) is 14.4. The highest BCUT2D eigenvalue weighted by atomic mass is 14.4. The minimum absolute atomic E-state index is 0.696. The Hall–Kier alpha value is 0. The molecule has 0 spiro atoms. The molecule has 126 valence electrons. The molecule has 21 heavy (non-hydrogen) atoms. The molecule has 0 radical (unpaired) electrons. The fourth-order valence-electron chi connectivity index (χ4n) is 4.30. The molecular formula is C21H42. The molecule has 0 nitrogen and oxygen atoms in total. The van der Waals surface area contributed by atoms with Crippen LogP contribution in [0.2, 0.25) is 0 Å². The lowest BCUT2D eigenvalue weighted by Crippen LogP contribution is -2.35. The SMILES string of the molecule is CC(C)CCC1CCCCC1(CCC(C)C)CCC(C)C. The molecule has 0 aromatic rings. The van der Waals surface area contributed by atoms with Crippen molar-refractivity contribution in [1.29, 1.82) is 0 Å². The van der Waals surface area contributed by atoms with Crippen LogP contribution in [-0.2, 0) is 0 Å². The molecule has 0 N–H and O–H groups in total. The Morgan fingerprint density at radius 1 is 0.762 bits per heavy atom. The normalized spacial score (nSPS) is 22.4. The Kier molecular flexibility index (Phi) is 8.35. The first-order valence-electron chi connectivity index (χ1n) is 9.85. The monoisotopic (exact) mass is 294 g/mol. The lowest BCUT2D eigenvalue weighted by Gasteiger charge is -2.46. The van der Waals surface area contributed by atoms with Gasteiger partial charge < -0.3 is 0 Å². The summed E-state index contributed by atoms with van der Waals surface area (Å²) >= 11 is 0. The summed E-state index contributed by atoms with van der Waals surface area (Å²) in [6, 6.07) is 0. The van der Waals surface area contributed by atoms with E-state index in [1.807, 2.05) is 0 Å². The summed E-state index contributed by atoms with van der Waals surface area (Å²) in [6.07, 6.45) is 14.8. The van der Waals surface area contributed by atoms with Crippen LogP contribution in [0.4, 0.5) is 0 Å². The zero-order valence-electron chi connectivity index (χ0n) is 15.9. The molecule has 1 unspecified atom stereocenters. The van der Waals surface area contributed by atoms with Gasteiger partial charge in [0.1, 0.15) is 0 Å². The van der Waals surface area contributed by atoms with Crippen LogP contribution in [0.25, 0.3) is 0 Å². The lowest BCUT2D eigenvalue weighted by molar-refractivity contribution is 0.0493. The maximum absolute atomic E-state index is 2.40. The molecule has 0 amide bonds. The van der Waals surface area contributed by atoms with Gasteiger partial charge in [-0.2, -0.15) is 0 Å². The largest absolute Gasteiger partial charge is 0.0628 e. The topological polar surface area (TPSA) is 0 Å². The highest BCUT2D eigenvalue weighted by molar-refractivity contribution is 4.90. The van der Waals surface area contributed by atoms with E-state index in [1.54, 1.807) is 0 Å². The fourth-order valence-corrected chi connectivity index (χ4v) is 4.30. The van der Waals surface area contributed by atoms with Crippen molar-refractivity contribution in [2.75, 3.05) is 0 Å². The van der Waals surface area contributed by atoms with Crippen molar-refractivity contribution in [1.82, 2.24) is 0 Å². The van der Waals surface area contributed by atoms with Crippen molar-refractivity contribution in [2.45, 2.75) is 106 Å². The van der Waals surface area contributed by atoms with Crippen LogP contribution in [-0.4, -0.2) is 0 Å². The van der Waals surface area contributed by atoms with Gasteiger partial charge in [0, 0.05) is 0 Å². The van der Waals surface area contributed by atoms with Crippen molar-refractivity contribution in [3.05, 3.63) is 0 Å². The van der Waals surface area contributed by atoms with E-state index in [1.165, 1.54) is 64.2 Å². The van der Waals surface area contributed by atoms with Gasteiger partial charge in [0.05, 0.1) is 0 Å². The zero-order chi connectivity index (χ0) is 15.9.